The summed E-state index contributed by atoms with van der Waals surface area (Å²) < 4.78 is 20.8. The molecule has 1 aromatic heterocycles. The van der Waals surface area contributed by atoms with Gasteiger partial charge in [0.15, 0.2) is 0 Å². The molecule has 162 valence electrons. The third kappa shape index (κ3) is 4.73. The molecule has 30 heavy (non-hydrogen) atoms. The molecule has 6 nitrogen and oxygen atoms in total. The van der Waals surface area contributed by atoms with E-state index in [1.54, 1.807) is 13.0 Å². The van der Waals surface area contributed by atoms with Crippen molar-refractivity contribution in [1.82, 2.24) is 9.29 Å². The van der Waals surface area contributed by atoms with Crippen molar-refractivity contribution in [3.8, 4) is 11.3 Å². The van der Waals surface area contributed by atoms with Gasteiger partial charge in [0.25, 0.3) is 0 Å². The molecule has 0 aliphatic carbocycles. The molecule has 0 bridgehead atoms. The average Bonchev–Trinajstić information content (AvgIpc) is 3.04. The number of nitrogens with zero attached hydrogens (tertiary/aromatic N) is 2. The van der Waals surface area contributed by atoms with E-state index >= 15 is 0 Å². The smallest absolute Gasteiger partial charge is 0.356 e. The Labute approximate surface area is 189 Å². The van der Waals surface area contributed by atoms with Gasteiger partial charge >= 0.3 is 5.97 Å². The van der Waals surface area contributed by atoms with Crippen molar-refractivity contribution in [3.63, 3.8) is 0 Å². The van der Waals surface area contributed by atoms with Crippen LogP contribution in [0.1, 0.15) is 61.8 Å². The summed E-state index contributed by atoms with van der Waals surface area (Å²) in [6.07, 6.45) is 0.427. The Balaban J connectivity index is 2.20. The zero-order chi connectivity index (χ0) is 22.1. The first-order valence-electron chi connectivity index (χ1n) is 9.93. The molecule has 0 saturated carbocycles. The molecule has 1 aliphatic rings. The minimum Gasteiger partial charge on any atom is -0.597 e. The van der Waals surface area contributed by atoms with Crippen LogP contribution >= 0.6 is 15.9 Å². The lowest BCUT2D eigenvalue weighted by Gasteiger charge is -2.33. The van der Waals surface area contributed by atoms with Crippen LogP contribution in [0.2, 0.25) is 0 Å². The number of ether oxygens (including phenoxy) is 1. The van der Waals surface area contributed by atoms with Gasteiger partial charge < -0.3 is 14.4 Å². The number of fused-ring (bicyclic) bond motifs is 1. The number of halogens is 1. The molecule has 2 heterocycles. The van der Waals surface area contributed by atoms with Gasteiger partial charge in [0.1, 0.15) is 10.4 Å². The maximum atomic E-state index is 13.3. The predicted octanol–water partition coefficient (Wildman–Crippen LogP) is 4.39. The first kappa shape index (κ1) is 23.2. The summed E-state index contributed by atoms with van der Waals surface area (Å²) in [4.78, 5) is 17.1. The molecule has 1 N–H and O–H groups in total. The van der Waals surface area contributed by atoms with Gasteiger partial charge in [-0.05, 0) is 57.9 Å². The lowest BCUT2D eigenvalue weighted by Crippen LogP contribution is -2.42. The quantitative estimate of drug-likeness (QED) is 0.473. The maximum Gasteiger partial charge on any atom is 0.356 e. The number of rotatable bonds is 6. The molecule has 2 atom stereocenters. The third-order valence-electron chi connectivity index (χ3n) is 4.87. The summed E-state index contributed by atoms with van der Waals surface area (Å²) in [6, 6.07) is 9.18. The second kappa shape index (κ2) is 9.36. The van der Waals surface area contributed by atoms with E-state index in [-0.39, 0.29) is 24.9 Å². The molecule has 0 fully saturated rings. The van der Waals surface area contributed by atoms with Gasteiger partial charge in [0.05, 0.1) is 24.9 Å². The molecule has 1 unspecified atom stereocenters. The van der Waals surface area contributed by atoms with Crippen molar-refractivity contribution in [2.24, 2.45) is 0 Å². The van der Waals surface area contributed by atoms with Crippen molar-refractivity contribution >= 4 is 33.3 Å². The highest BCUT2D eigenvalue weighted by Gasteiger charge is 2.44. The molecule has 0 spiro atoms. The summed E-state index contributed by atoms with van der Waals surface area (Å²) in [5.74, 6) is -0.481. The molecule has 1 aromatic carbocycles. The van der Waals surface area contributed by atoms with E-state index in [2.05, 4.69) is 20.9 Å². The highest BCUT2D eigenvalue weighted by atomic mass is 79.9. The van der Waals surface area contributed by atoms with Crippen molar-refractivity contribution in [2.45, 2.75) is 51.4 Å². The van der Waals surface area contributed by atoms with Gasteiger partial charge in [-0.15, -0.1) is 4.31 Å². The largest absolute Gasteiger partial charge is 0.597 e. The highest BCUT2D eigenvalue weighted by Crippen LogP contribution is 2.45. The van der Waals surface area contributed by atoms with Crippen LogP contribution < -0.4 is 0 Å². The summed E-state index contributed by atoms with van der Waals surface area (Å²) in [5, 5.41) is 9.75. The van der Waals surface area contributed by atoms with Crippen LogP contribution in [0.3, 0.4) is 0 Å². The van der Waals surface area contributed by atoms with E-state index in [1.807, 2.05) is 49.3 Å². The van der Waals surface area contributed by atoms with E-state index in [1.165, 1.54) is 0 Å². The molecule has 0 radical (unpaired) electrons. The molecule has 1 aliphatic heterocycles. The molecular formula is C22H27BrN2O4S. The normalized spacial score (nSPS) is 17.6. The Bertz CT molecular complexity index is 932. The molecule has 0 amide bonds. The fraction of sp³-hybridized carbons (Fsp3) is 0.455. The van der Waals surface area contributed by atoms with Crippen LogP contribution in [0.25, 0.3) is 11.3 Å². The topological polar surface area (TPSA) is 85.7 Å². The molecule has 0 saturated heterocycles. The van der Waals surface area contributed by atoms with E-state index in [4.69, 9.17) is 4.74 Å². The number of hydrogen-bond donors (Lipinski definition) is 1. The zero-order valence-corrected chi connectivity index (χ0v) is 20.0. The third-order valence-corrected chi connectivity index (χ3v) is 7.22. The van der Waals surface area contributed by atoms with Gasteiger partial charge in [0, 0.05) is 33.6 Å². The van der Waals surface area contributed by atoms with Crippen molar-refractivity contribution < 1.29 is 19.2 Å². The second-order valence-electron chi connectivity index (χ2n) is 8.12. The summed E-state index contributed by atoms with van der Waals surface area (Å²) in [6.45, 7) is 8.18. The number of carbonyl (C=O) groups is 1. The Hall–Kier alpha value is -1.45. The van der Waals surface area contributed by atoms with Crippen LogP contribution in [0.5, 0.6) is 0 Å². The lowest BCUT2D eigenvalue weighted by atomic mass is 9.96. The number of aliphatic hydroxyl groups excluding tert-OH is 1. The summed E-state index contributed by atoms with van der Waals surface area (Å²) in [7, 11) is 0. The predicted molar refractivity (Wildman–Crippen MR) is 121 cm³/mol. The first-order chi connectivity index (χ1) is 14.2. The monoisotopic (exact) mass is 494 g/mol. The Morgan fingerprint density at radius 1 is 1.40 bits per heavy atom. The van der Waals surface area contributed by atoms with E-state index < -0.39 is 22.1 Å². The summed E-state index contributed by atoms with van der Waals surface area (Å²) in [5.41, 5.74) is 3.53. The van der Waals surface area contributed by atoms with Crippen LogP contribution in [-0.2, 0) is 22.6 Å². The number of hydrogen-bond acceptors (Lipinski definition) is 6. The fourth-order valence-electron chi connectivity index (χ4n) is 3.63. The number of carbonyl (C=O) groups excluding carboxylic acids is 1. The number of aliphatic hydroxyl groups is 1. The summed E-state index contributed by atoms with van der Waals surface area (Å²) >= 11 is 2.21. The lowest BCUT2D eigenvalue weighted by molar-refractivity contribution is 0.0519. The Morgan fingerprint density at radius 3 is 2.73 bits per heavy atom. The Morgan fingerprint density at radius 2 is 2.13 bits per heavy atom. The standard InChI is InChI=1S/C22H27BrN2O4S/c1-5-29-21(27)17-12-15-13-25(30(28)22(2,3)4)18(9-10-26)19(15)20(24-17)14-7-6-8-16(23)11-14/h6-8,11-12,18,26H,5,9-10,13H2,1-4H3/t18-,30?/m1/s1. The zero-order valence-electron chi connectivity index (χ0n) is 17.6. The van der Waals surface area contributed by atoms with Crippen LogP contribution in [-0.4, -0.2) is 42.9 Å². The first-order valence-corrected chi connectivity index (χ1v) is 11.8. The van der Waals surface area contributed by atoms with E-state index in [9.17, 15) is 14.5 Å². The second-order valence-corrected chi connectivity index (χ2v) is 11.2. The minimum atomic E-state index is -1.29. The molecule has 8 heteroatoms. The average molecular weight is 495 g/mol. The van der Waals surface area contributed by atoms with Crippen LogP contribution in [0.15, 0.2) is 34.8 Å². The number of esters is 1. The number of pyridine rings is 1. The molecule has 3 rings (SSSR count). The maximum absolute atomic E-state index is 13.3. The van der Waals surface area contributed by atoms with Crippen LogP contribution in [0.4, 0.5) is 0 Å². The number of aromatic nitrogens is 1. The van der Waals surface area contributed by atoms with E-state index in [0.29, 0.717) is 18.7 Å². The molecular weight excluding hydrogens is 468 g/mol. The van der Waals surface area contributed by atoms with Crippen molar-refractivity contribution in [2.75, 3.05) is 13.2 Å². The van der Waals surface area contributed by atoms with Gasteiger partial charge in [-0.25, -0.2) is 9.78 Å². The minimum absolute atomic E-state index is 0.0422. The van der Waals surface area contributed by atoms with Gasteiger partial charge in [-0.1, -0.05) is 28.1 Å². The van der Waals surface area contributed by atoms with Gasteiger partial charge in [-0.2, -0.15) is 0 Å². The van der Waals surface area contributed by atoms with E-state index in [0.717, 1.165) is 21.2 Å². The SMILES string of the molecule is CCOC(=O)c1cc2c(c(-c3cccc(Br)c3)n1)[C@@H](CCO)N([S+]([O-])C(C)(C)C)C2. The van der Waals surface area contributed by atoms with Crippen LogP contribution in [0, 0.1) is 0 Å². The number of benzene rings is 1. The fourth-order valence-corrected chi connectivity index (χ4v) is 5.44. The van der Waals surface area contributed by atoms with Crippen molar-refractivity contribution in [3.05, 3.63) is 51.6 Å². The highest BCUT2D eigenvalue weighted by molar-refractivity contribution is 9.10. The molecule has 2 aromatic rings. The van der Waals surface area contributed by atoms with Crippen molar-refractivity contribution in [1.29, 1.82) is 0 Å². The Kier molecular flexibility index (Phi) is 7.24. The van der Waals surface area contributed by atoms with Gasteiger partial charge in [-0.3, -0.25) is 0 Å². The van der Waals surface area contributed by atoms with Gasteiger partial charge in [0.2, 0.25) is 0 Å².